The summed E-state index contributed by atoms with van der Waals surface area (Å²) in [5.41, 5.74) is 1.58. The Kier molecular flexibility index (Phi) is 7.54. The maximum Gasteiger partial charge on any atom is 0.319 e. The quantitative estimate of drug-likeness (QED) is 0.184. The first-order chi connectivity index (χ1) is 24.5. The van der Waals surface area contributed by atoms with Gasteiger partial charge in [-0.1, -0.05) is 31.9 Å². The second kappa shape index (κ2) is 11.7. The highest BCUT2D eigenvalue weighted by Crippen LogP contribution is 2.66. The molecule has 4 heterocycles. The molecule has 2 unspecified atom stereocenters. The number of alkyl halides is 2. The summed E-state index contributed by atoms with van der Waals surface area (Å²) in [6.45, 7) is 8.10. The Morgan fingerprint density at radius 3 is 2.43 bits per heavy atom. The number of terminal acetylenes is 1. The van der Waals surface area contributed by atoms with Crippen molar-refractivity contribution in [3.05, 3.63) is 53.3 Å². The summed E-state index contributed by atoms with van der Waals surface area (Å²) in [4.78, 5) is 14.4. The van der Waals surface area contributed by atoms with Crippen LogP contribution in [0.1, 0.15) is 75.8 Å². The average molecular weight is 696 g/mol. The molecule has 2 N–H and O–H groups in total. The van der Waals surface area contributed by atoms with Crippen molar-refractivity contribution in [2.45, 2.75) is 82.7 Å². The highest BCUT2D eigenvalue weighted by atomic mass is 19.3. The van der Waals surface area contributed by atoms with Gasteiger partial charge in [0.25, 0.3) is 5.92 Å². The van der Waals surface area contributed by atoms with Crippen LogP contribution in [0.4, 0.5) is 19.0 Å². The monoisotopic (exact) mass is 695 g/mol. The molecule has 1 spiro atoms. The first kappa shape index (κ1) is 32.8. The van der Waals surface area contributed by atoms with E-state index in [1.165, 1.54) is 0 Å². The number of likely N-dealkylation sites (tertiary alicyclic amines) is 1. The van der Waals surface area contributed by atoms with Gasteiger partial charge in [-0.15, -0.1) is 6.42 Å². The molecule has 2 saturated carbocycles. The topological polar surface area (TPSA) is 73.8 Å². The number of aromatic nitrogens is 2. The standard InChI is InChI=1S/C41H44F3N5O2/c1-4-25-6-5-7-26-16-29(50)17-31(33(25)26)34-30(24(2)3)18-32-36(35(34)42)46-38(47-37(32)49-19-27-8-9-28(20-49)45-27)51-23-39(10-11-39)22-48-14-12-40(13-15-48)21-41(40,43)44/h1,5-7,16-18,24,27-28,45,50H,8-15,19-23H2,2-3H3. The molecule has 266 valence electrons. The minimum Gasteiger partial charge on any atom is -0.508 e. The third kappa shape index (κ3) is 5.59. The zero-order valence-corrected chi connectivity index (χ0v) is 29.2. The van der Waals surface area contributed by atoms with E-state index >= 15 is 4.39 Å². The first-order valence-electron chi connectivity index (χ1n) is 18.5. The number of ether oxygens (including phenoxy) is 1. The zero-order chi connectivity index (χ0) is 35.3. The van der Waals surface area contributed by atoms with Crippen LogP contribution in [0.5, 0.6) is 11.8 Å². The molecule has 2 atom stereocenters. The Morgan fingerprint density at radius 1 is 1.06 bits per heavy atom. The van der Waals surface area contributed by atoms with Gasteiger partial charge < -0.3 is 25.0 Å². The van der Waals surface area contributed by atoms with Gasteiger partial charge in [0.2, 0.25) is 0 Å². The summed E-state index contributed by atoms with van der Waals surface area (Å²) >= 11 is 0. The fourth-order valence-corrected chi connectivity index (χ4v) is 9.22. The lowest BCUT2D eigenvalue weighted by Crippen LogP contribution is -2.51. The molecule has 2 bridgehead atoms. The molecule has 0 radical (unpaired) electrons. The Bertz CT molecular complexity index is 2090. The molecule has 3 saturated heterocycles. The van der Waals surface area contributed by atoms with Gasteiger partial charge in [0.15, 0.2) is 5.82 Å². The summed E-state index contributed by atoms with van der Waals surface area (Å²) in [6.07, 6.45) is 11.2. The average Bonchev–Trinajstić information content (AvgIpc) is 3.95. The highest BCUT2D eigenvalue weighted by Gasteiger charge is 2.70. The molecule has 0 amide bonds. The predicted molar refractivity (Wildman–Crippen MR) is 193 cm³/mol. The van der Waals surface area contributed by atoms with Crippen LogP contribution in [0.3, 0.4) is 0 Å². The van der Waals surface area contributed by atoms with Gasteiger partial charge in [-0.3, -0.25) is 0 Å². The molecular weight excluding hydrogens is 651 g/mol. The van der Waals surface area contributed by atoms with Crippen molar-refractivity contribution in [2.75, 3.05) is 44.2 Å². The number of aromatic hydroxyl groups is 1. The second-order valence-corrected chi connectivity index (χ2v) is 16.3. The molecule has 5 aliphatic rings. The molecule has 3 aromatic carbocycles. The van der Waals surface area contributed by atoms with E-state index in [4.69, 9.17) is 21.1 Å². The van der Waals surface area contributed by atoms with Crippen molar-refractivity contribution in [2.24, 2.45) is 10.8 Å². The number of halogens is 3. The fourth-order valence-electron chi connectivity index (χ4n) is 9.22. The van der Waals surface area contributed by atoms with Gasteiger partial charge in [0.05, 0.1) is 6.61 Å². The minimum atomic E-state index is -2.50. The van der Waals surface area contributed by atoms with E-state index in [2.05, 4.69) is 21.0 Å². The van der Waals surface area contributed by atoms with Crippen LogP contribution in [-0.2, 0) is 0 Å². The van der Waals surface area contributed by atoms with Crippen LogP contribution in [0, 0.1) is 29.0 Å². The van der Waals surface area contributed by atoms with E-state index in [1.54, 1.807) is 12.1 Å². The summed E-state index contributed by atoms with van der Waals surface area (Å²) < 4.78 is 52.0. The Labute approximate surface area is 296 Å². The smallest absolute Gasteiger partial charge is 0.319 e. The molecule has 7 nitrogen and oxygen atoms in total. The molecule has 10 heteroatoms. The van der Waals surface area contributed by atoms with E-state index in [1.807, 2.05) is 38.1 Å². The van der Waals surface area contributed by atoms with Crippen molar-refractivity contribution in [1.82, 2.24) is 20.2 Å². The molecule has 4 aromatic rings. The lowest BCUT2D eigenvalue weighted by Gasteiger charge is -2.35. The molecule has 3 aliphatic heterocycles. The minimum absolute atomic E-state index is 0.0222. The number of piperazine rings is 1. The maximum atomic E-state index is 17.5. The van der Waals surface area contributed by atoms with Gasteiger partial charge in [0, 0.05) is 70.9 Å². The van der Waals surface area contributed by atoms with Crippen LogP contribution in [-0.4, -0.2) is 77.3 Å². The highest BCUT2D eigenvalue weighted by molar-refractivity contribution is 6.05. The van der Waals surface area contributed by atoms with E-state index in [9.17, 15) is 13.9 Å². The Hall–Kier alpha value is -4.07. The van der Waals surface area contributed by atoms with E-state index in [0.29, 0.717) is 77.9 Å². The van der Waals surface area contributed by atoms with Gasteiger partial charge in [-0.2, -0.15) is 9.97 Å². The zero-order valence-electron chi connectivity index (χ0n) is 29.2. The summed E-state index contributed by atoms with van der Waals surface area (Å²) in [7, 11) is 0. The molecule has 1 aromatic heterocycles. The van der Waals surface area contributed by atoms with Gasteiger partial charge in [-0.25, -0.2) is 13.2 Å². The number of nitrogens with zero attached hydrogens (tertiary/aromatic N) is 4. The third-order valence-electron chi connectivity index (χ3n) is 12.5. The lowest BCUT2D eigenvalue weighted by atomic mass is 9.86. The number of anilines is 1. The normalized spacial score (nSPS) is 24.4. The van der Waals surface area contributed by atoms with Crippen molar-refractivity contribution >= 4 is 27.5 Å². The van der Waals surface area contributed by atoms with E-state index in [-0.39, 0.29) is 35.0 Å². The molecule has 2 aliphatic carbocycles. The van der Waals surface area contributed by atoms with Gasteiger partial charge >= 0.3 is 6.01 Å². The van der Waals surface area contributed by atoms with Crippen molar-refractivity contribution < 1.29 is 23.0 Å². The summed E-state index contributed by atoms with van der Waals surface area (Å²) in [5, 5.41) is 16.6. The molecule has 5 fully saturated rings. The van der Waals surface area contributed by atoms with Crippen molar-refractivity contribution in [3.8, 4) is 35.2 Å². The van der Waals surface area contributed by atoms with Crippen LogP contribution in [0.25, 0.3) is 32.8 Å². The number of hydrogen-bond acceptors (Lipinski definition) is 7. The number of fused-ring (bicyclic) bond motifs is 4. The van der Waals surface area contributed by atoms with Crippen LogP contribution < -0.4 is 15.0 Å². The van der Waals surface area contributed by atoms with Gasteiger partial charge in [-0.05, 0) is 98.3 Å². The van der Waals surface area contributed by atoms with Crippen LogP contribution in [0.15, 0.2) is 36.4 Å². The Balaban J connectivity index is 1.11. The number of nitrogens with one attached hydrogen (secondary N) is 1. The number of benzene rings is 3. The van der Waals surface area contributed by atoms with E-state index < -0.39 is 17.2 Å². The number of rotatable bonds is 8. The number of phenolic OH excluding ortho intramolecular Hbond substituents is 1. The maximum absolute atomic E-state index is 17.5. The Morgan fingerprint density at radius 2 is 1.78 bits per heavy atom. The summed E-state index contributed by atoms with van der Waals surface area (Å²) in [6, 6.07) is 11.6. The molecule has 9 rings (SSSR count). The van der Waals surface area contributed by atoms with Crippen molar-refractivity contribution in [1.29, 1.82) is 0 Å². The van der Waals surface area contributed by atoms with Gasteiger partial charge in [0.1, 0.15) is 17.1 Å². The van der Waals surface area contributed by atoms with Crippen molar-refractivity contribution in [3.63, 3.8) is 0 Å². The fraction of sp³-hybridized carbons (Fsp3) is 0.512. The number of phenols is 1. The molecular formula is C41H44F3N5O2. The van der Waals surface area contributed by atoms with Crippen LogP contribution >= 0.6 is 0 Å². The first-order valence-corrected chi connectivity index (χ1v) is 18.5. The van der Waals surface area contributed by atoms with Crippen LogP contribution in [0.2, 0.25) is 0 Å². The lowest BCUT2D eigenvalue weighted by molar-refractivity contribution is 0.0252. The summed E-state index contributed by atoms with van der Waals surface area (Å²) in [5.74, 6) is 0.381. The number of hydrogen-bond donors (Lipinski definition) is 2. The molecule has 51 heavy (non-hydrogen) atoms. The second-order valence-electron chi connectivity index (χ2n) is 16.3. The third-order valence-corrected chi connectivity index (χ3v) is 12.5. The van der Waals surface area contributed by atoms with E-state index in [0.717, 1.165) is 56.3 Å². The SMILES string of the molecule is C#Cc1cccc2cc(O)cc(-c3c(C(C)C)cc4c(N5CC6CCC(C5)N6)nc(OCC5(CN6CCC7(CC6)CC7(F)F)CC5)nc4c3F)c12. The largest absolute Gasteiger partial charge is 0.508 e. The number of piperidine rings is 1. The predicted octanol–water partition coefficient (Wildman–Crippen LogP) is 7.62.